The minimum Gasteiger partial charge on any atom is -0.399 e. The van der Waals surface area contributed by atoms with E-state index < -0.39 is 0 Å². The maximum atomic E-state index is 5.68. The third kappa shape index (κ3) is 4.46. The number of rotatable bonds is 6. The number of likely N-dealkylation sites (N-methyl/N-ethyl adjacent to an activating group) is 1. The van der Waals surface area contributed by atoms with Crippen molar-refractivity contribution in [3.8, 4) is 0 Å². The lowest BCUT2D eigenvalue weighted by Gasteiger charge is -2.18. The van der Waals surface area contributed by atoms with Crippen LogP contribution in [0.25, 0.3) is 0 Å². The first kappa shape index (κ1) is 12.7. The lowest BCUT2D eigenvalue weighted by atomic mass is 10.4. The Morgan fingerprint density at radius 3 is 2.94 bits per heavy atom. The fourth-order valence-corrected chi connectivity index (χ4v) is 1.17. The smallest absolute Gasteiger partial charge is 0.130 e. The zero-order valence-electron chi connectivity index (χ0n) is 10.1. The molecule has 0 saturated heterocycles. The fraction of sp³-hybridized carbons (Fsp3) is 0.545. The summed E-state index contributed by atoms with van der Waals surface area (Å²) >= 11 is 0. The van der Waals surface area contributed by atoms with Crippen molar-refractivity contribution in [3.05, 3.63) is 18.3 Å². The molecule has 90 valence electrons. The first-order chi connectivity index (χ1) is 7.59. The molecular weight excluding hydrogens is 204 g/mol. The molecule has 16 heavy (non-hydrogen) atoms. The van der Waals surface area contributed by atoms with Crippen LogP contribution in [0.4, 0.5) is 11.5 Å². The van der Waals surface area contributed by atoms with Crippen LogP contribution >= 0.6 is 0 Å². The van der Waals surface area contributed by atoms with Crippen molar-refractivity contribution in [1.29, 1.82) is 0 Å². The molecule has 0 aliphatic rings. The van der Waals surface area contributed by atoms with E-state index in [2.05, 4.69) is 10.5 Å². The molecule has 0 unspecified atom stereocenters. The molecule has 0 spiro atoms. The average Bonchev–Trinajstić information content (AvgIpc) is 2.24. The van der Waals surface area contributed by atoms with Crippen LogP contribution in [-0.4, -0.2) is 31.2 Å². The molecule has 1 heterocycles. The largest absolute Gasteiger partial charge is 0.399 e. The molecule has 5 nitrogen and oxygen atoms in total. The van der Waals surface area contributed by atoms with Crippen molar-refractivity contribution >= 4 is 11.5 Å². The lowest BCUT2D eigenvalue weighted by Crippen LogP contribution is -2.29. The van der Waals surface area contributed by atoms with Crippen LogP contribution in [-0.2, 0) is 4.84 Å². The summed E-state index contributed by atoms with van der Waals surface area (Å²) in [5.74, 6) is 0.855. The summed E-state index contributed by atoms with van der Waals surface area (Å²) in [7, 11) is 1.96. The molecule has 0 saturated carbocycles. The number of hydrogen-bond donors (Lipinski definition) is 2. The molecule has 5 heteroatoms. The third-order valence-corrected chi connectivity index (χ3v) is 2.01. The molecule has 3 N–H and O–H groups in total. The number of nitrogens with zero attached hydrogens (tertiary/aromatic N) is 2. The number of nitrogens with two attached hydrogens (primary N) is 1. The van der Waals surface area contributed by atoms with Crippen LogP contribution in [0.5, 0.6) is 0 Å². The number of nitrogen functional groups attached to an aromatic ring is 1. The number of hydroxylamine groups is 1. The Balaban J connectivity index is 2.32. The highest BCUT2D eigenvalue weighted by Gasteiger charge is 2.02. The minimum absolute atomic E-state index is 0.329. The van der Waals surface area contributed by atoms with Crippen LogP contribution in [0.1, 0.15) is 13.8 Å². The van der Waals surface area contributed by atoms with Crippen LogP contribution < -0.4 is 16.1 Å². The van der Waals surface area contributed by atoms with Gasteiger partial charge in [0.15, 0.2) is 0 Å². The van der Waals surface area contributed by atoms with Crippen molar-refractivity contribution in [2.24, 2.45) is 0 Å². The van der Waals surface area contributed by atoms with Gasteiger partial charge in [-0.15, -0.1) is 0 Å². The number of pyridine rings is 1. The number of hydrogen-bond acceptors (Lipinski definition) is 5. The van der Waals surface area contributed by atoms with E-state index in [1.807, 2.05) is 31.9 Å². The zero-order chi connectivity index (χ0) is 12.0. The summed E-state index contributed by atoms with van der Waals surface area (Å²) in [5, 5.41) is 0. The van der Waals surface area contributed by atoms with Gasteiger partial charge >= 0.3 is 0 Å². The molecule has 0 radical (unpaired) electrons. The topological polar surface area (TPSA) is 63.4 Å². The molecular formula is C11H20N4O. The monoisotopic (exact) mass is 224 g/mol. The molecule has 1 aromatic rings. The average molecular weight is 224 g/mol. The summed E-state index contributed by atoms with van der Waals surface area (Å²) in [6, 6.07) is 3.94. The van der Waals surface area contributed by atoms with Crippen molar-refractivity contribution in [2.75, 3.05) is 30.8 Å². The molecule has 0 atom stereocenters. The van der Waals surface area contributed by atoms with Gasteiger partial charge in [0, 0.05) is 37.6 Å². The Hall–Kier alpha value is -1.33. The van der Waals surface area contributed by atoms with Crippen molar-refractivity contribution in [1.82, 2.24) is 10.5 Å². The molecule has 0 bridgehead atoms. The van der Waals surface area contributed by atoms with E-state index in [1.54, 1.807) is 12.3 Å². The summed E-state index contributed by atoms with van der Waals surface area (Å²) in [4.78, 5) is 11.5. The third-order valence-electron chi connectivity index (χ3n) is 2.01. The molecule has 1 aromatic heterocycles. The highest BCUT2D eigenvalue weighted by molar-refractivity contribution is 5.49. The Morgan fingerprint density at radius 2 is 2.31 bits per heavy atom. The van der Waals surface area contributed by atoms with Crippen LogP contribution in [0.2, 0.25) is 0 Å². The van der Waals surface area contributed by atoms with E-state index in [9.17, 15) is 0 Å². The maximum absolute atomic E-state index is 5.68. The van der Waals surface area contributed by atoms with Gasteiger partial charge in [-0.05, 0) is 19.9 Å². The Labute approximate surface area is 96.6 Å². The van der Waals surface area contributed by atoms with Crippen LogP contribution in [0.15, 0.2) is 18.3 Å². The van der Waals surface area contributed by atoms with E-state index in [-0.39, 0.29) is 0 Å². The Morgan fingerprint density at radius 1 is 1.56 bits per heavy atom. The first-order valence-corrected chi connectivity index (χ1v) is 5.39. The second kappa shape index (κ2) is 6.30. The Kier molecular flexibility index (Phi) is 5.01. The fourth-order valence-electron chi connectivity index (χ4n) is 1.17. The predicted molar refractivity (Wildman–Crippen MR) is 66.1 cm³/mol. The van der Waals surface area contributed by atoms with Crippen LogP contribution in [0, 0.1) is 0 Å². The maximum Gasteiger partial charge on any atom is 0.130 e. The first-order valence-electron chi connectivity index (χ1n) is 5.39. The quantitative estimate of drug-likeness (QED) is 0.558. The Bertz CT molecular complexity index is 317. The summed E-state index contributed by atoms with van der Waals surface area (Å²) < 4.78 is 0. The molecule has 0 fully saturated rings. The van der Waals surface area contributed by atoms with Crippen LogP contribution in [0.3, 0.4) is 0 Å². The molecule has 0 aromatic carbocycles. The highest BCUT2D eigenvalue weighted by Crippen LogP contribution is 2.11. The summed E-state index contributed by atoms with van der Waals surface area (Å²) in [6.07, 6.45) is 1.70. The summed E-state index contributed by atoms with van der Waals surface area (Å²) in [5.41, 5.74) is 9.29. The minimum atomic E-state index is 0.329. The lowest BCUT2D eigenvalue weighted by molar-refractivity contribution is 0.0289. The van der Waals surface area contributed by atoms with E-state index in [0.717, 1.165) is 18.1 Å². The molecule has 0 aliphatic heterocycles. The van der Waals surface area contributed by atoms with Gasteiger partial charge in [0.1, 0.15) is 5.82 Å². The van der Waals surface area contributed by atoms with Gasteiger partial charge in [-0.3, -0.25) is 4.84 Å². The van der Waals surface area contributed by atoms with Gasteiger partial charge in [0.2, 0.25) is 0 Å². The van der Waals surface area contributed by atoms with Gasteiger partial charge in [-0.1, -0.05) is 0 Å². The van der Waals surface area contributed by atoms with Gasteiger partial charge in [0.25, 0.3) is 0 Å². The predicted octanol–water partition coefficient (Wildman–Crippen LogP) is 1.03. The number of anilines is 2. The molecule has 0 amide bonds. The van der Waals surface area contributed by atoms with Crippen molar-refractivity contribution in [2.45, 2.75) is 19.9 Å². The van der Waals surface area contributed by atoms with E-state index in [0.29, 0.717) is 12.6 Å². The van der Waals surface area contributed by atoms with E-state index in [4.69, 9.17) is 10.6 Å². The second-order valence-corrected chi connectivity index (χ2v) is 3.99. The SMILES string of the molecule is CC(C)NOCCN(C)c1cc(N)ccn1. The van der Waals surface area contributed by atoms with E-state index >= 15 is 0 Å². The van der Waals surface area contributed by atoms with Gasteiger partial charge in [-0.25, -0.2) is 4.98 Å². The number of aromatic nitrogens is 1. The van der Waals surface area contributed by atoms with Crippen molar-refractivity contribution < 1.29 is 4.84 Å². The van der Waals surface area contributed by atoms with Crippen molar-refractivity contribution in [3.63, 3.8) is 0 Å². The standard InChI is InChI=1S/C11H20N4O/c1-9(2)14-16-7-6-15(3)11-8-10(12)4-5-13-11/h4-5,8-9,14H,6-7H2,1-3H3,(H2,12,13). The summed E-state index contributed by atoms with van der Waals surface area (Å²) in [6.45, 7) is 5.42. The normalized spacial score (nSPS) is 10.8. The van der Waals surface area contributed by atoms with Gasteiger partial charge < -0.3 is 10.6 Å². The van der Waals surface area contributed by atoms with Gasteiger partial charge in [0.05, 0.1) is 6.61 Å². The highest BCUT2D eigenvalue weighted by atomic mass is 16.6. The second-order valence-electron chi connectivity index (χ2n) is 3.99. The van der Waals surface area contributed by atoms with E-state index in [1.165, 1.54) is 0 Å². The molecule has 0 aliphatic carbocycles. The molecule has 1 rings (SSSR count). The zero-order valence-corrected chi connectivity index (χ0v) is 10.1. The number of nitrogens with one attached hydrogen (secondary N) is 1. The van der Waals surface area contributed by atoms with Gasteiger partial charge in [-0.2, -0.15) is 5.48 Å².